The lowest BCUT2D eigenvalue weighted by molar-refractivity contribution is -0.134. The van der Waals surface area contributed by atoms with Gasteiger partial charge in [0.15, 0.2) is 0 Å². The van der Waals surface area contributed by atoms with Gasteiger partial charge in [0.1, 0.15) is 5.60 Å². The molecule has 3 heterocycles. The van der Waals surface area contributed by atoms with Crippen molar-refractivity contribution < 1.29 is 19.1 Å². The van der Waals surface area contributed by atoms with Crippen LogP contribution in [0, 0.1) is 5.92 Å². The number of anilines is 1. The zero-order valence-corrected chi connectivity index (χ0v) is 22.8. The van der Waals surface area contributed by atoms with Crippen LogP contribution in [0.3, 0.4) is 0 Å². The molecule has 3 aliphatic rings. The molecule has 37 heavy (non-hydrogen) atoms. The maximum atomic E-state index is 12.2. The molecule has 0 spiro atoms. The second-order valence-corrected chi connectivity index (χ2v) is 11.8. The van der Waals surface area contributed by atoms with Crippen LogP contribution in [0.4, 0.5) is 10.5 Å². The van der Waals surface area contributed by atoms with Crippen molar-refractivity contribution in [1.82, 2.24) is 20.7 Å². The summed E-state index contributed by atoms with van der Waals surface area (Å²) >= 11 is 0. The van der Waals surface area contributed by atoms with Crippen LogP contribution >= 0.6 is 0 Å². The third kappa shape index (κ3) is 7.68. The molecule has 1 aromatic carbocycles. The molecule has 3 aliphatic heterocycles. The van der Waals surface area contributed by atoms with Gasteiger partial charge in [0, 0.05) is 50.9 Å². The molecule has 9 heteroatoms. The quantitative estimate of drug-likeness (QED) is 0.564. The van der Waals surface area contributed by atoms with Crippen LogP contribution in [0.5, 0.6) is 0 Å². The Hall–Kier alpha value is -2.65. The average Bonchev–Trinajstić information content (AvgIpc) is 2.83. The monoisotopic (exact) mass is 513 g/mol. The first-order chi connectivity index (χ1) is 17.6. The fraction of sp³-hybridized carbons (Fsp3) is 0.679. The minimum atomic E-state index is -0.483. The summed E-state index contributed by atoms with van der Waals surface area (Å²) in [5, 5.41) is 4.44. The Morgan fingerprint density at radius 2 is 1.76 bits per heavy atom. The Balaban J connectivity index is 1.18. The highest BCUT2D eigenvalue weighted by molar-refractivity contribution is 6.00. The number of hydrogen-bond acceptors (Lipinski definition) is 7. The number of piperazine rings is 1. The van der Waals surface area contributed by atoms with Gasteiger partial charge in [-0.2, -0.15) is 0 Å². The Morgan fingerprint density at radius 1 is 1.05 bits per heavy atom. The summed E-state index contributed by atoms with van der Waals surface area (Å²) in [5.41, 5.74) is 4.56. The summed E-state index contributed by atoms with van der Waals surface area (Å²) in [6, 6.07) is 8.72. The van der Waals surface area contributed by atoms with Gasteiger partial charge >= 0.3 is 6.09 Å². The van der Waals surface area contributed by atoms with Gasteiger partial charge in [-0.3, -0.25) is 25.2 Å². The van der Waals surface area contributed by atoms with Crippen molar-refractivity contribution in [2.75, 3.05) is 44.2 Å². The van der Waals surface area contributed by atoms with E-state index < -0.39 is 5.60 Å². The second kappa shape index (κ2) is 11.8. The van der Waals surface area contributed by atoms with Gasteiger partial charge in [-0.05, 0) is 83.5 Å². The summed E-state index contributed by atoms with van der Waals surface area (Å²) in [5.74, 6) is 0.0898. The fourth-order valence-corrected chi connectivity index (χ4v) is 5.66. The first kappa shape index (κ1) is 27.4. The maximum absolute atomic E-state index is 12.2. The number of nitrogens with one attached hydrogen (secondary N) is 2. The molecule has 1 unspecified atom stereocenters. The summed E-state index contributed by atoms with van der Waals surface area (Å²) in [4.78, 5) is 40.6. The molecule has 2 N–H and O–H groups in total. The van der Waals surface area contributed by atoms with Gasteiger partial charge in [0.05, 0.1) is 5.92 Å². The fourth-order valence-electron chi connectivity index (χ4n) is 5.66. The smallest absolute Gasteiger partial charge is 0.422 e. The van der Waals surface area contributed by atoms with Crippen molar-refractivity contribution in [3.8, 4) is 0 Å². The van der Waals surface area contributed by atoms with E-state index in [0.29, 0.717) is 24.8 Å². The standard InChI is InChI=1S/C28H43N5O4/c1-20-19-31(14-11-21-12-15-32(16-13-21)30-27(36)37-28(2,3)4)17-18-33(20)23-7-5-22(6-8-23)24-9-10-25(34)29-26(24)35/h5-8,20-21,24H,9-19H2,1-4H3,(H,30,36)(H,29,34,35)/t20-,24?/m0/s1. The summed E-state index contributed by atoms with van der Waals surface area (Å²) < 4.78 is 5.36. The van der Waals surface area contributed by atoms with Crippen LogP contribution < -0.4 is 15.6 Å². The third-order valence-corrected chi connectivity index (χ3v) is 7.69. The number of nitrogens with zero attached hydrogens (tertiary/aromatic N) is 3. The van der Waals surface area contributed by atoms with E-state index in [-0.39, 0.29) is 23.8 Å². The Bertz CT molecular complexity index is 952. The van der Waals surface area contributed by atoms with Crippen molar-refractivity contribution in [2.24, 2.45) is 5.92 Å². The normalized spacial score (nSPS) is 24.6. The molecule has 3 amide bonds. The van der Waals surface area contributed by atoms with Crippen LogP contribution in [0.1, 0.15) is 71.3 Å². The van der Waals surface area contributed by atoms with Gasteiger partial charge in [-0.15, -0.1) is 0 Å². The number of ether oxygens (including phenoxy) is 1. The highest BCUT2D eigenvalue weighted by Crippen LogP contribution is 2.28. The predicted octanol–water partition coefficient (Wildman–Crippen LogP) is 3.26. The number of hydrazine groups is 1. The number of carbonyl (C=O) groups excluding carboxylic acids is 3. The van der Waals surface area contributed by atoms with Gasteiger partial charge in [-0.25, -0.2) is 9.80 Å². The molecule has 0 radical (unpaired) electrons. The number of benzene rings is 1. The van der Waals surface area contributed by atoms with E-state index in [9.17, 15) is 14.4 Å². The average molecular weight is 514 g/mol. The van der Waals surface area contributed by atoms with E-state index in [2.05, 4.69) is 39.6 Å². The van der Waals surface area contributed by atoms with Crippen molar-refractivity contribution in [3.05, 3.63) is 29.8 Å². The SMILES string of the molecule is C[C@H]1CN(CCC2CCN(NC(=O)OC(C)(C)C)CC2)CCN1c1ccc(C2CCC(=O)NC2=O)cc1. The number of imide groups is 1. The van der Waals surface area contributed by atoms with Gasteiger partial charge < -0.3 is 9.64 Å². The molecule has 4 rings (SSSR count). The van der Waals surface area contributed by atoms with Gasteiger partial charge in [0.2, 0.25) is 11.8 Å². The Labute approximate surface area is 220 Å². The zero-order valence-electron chi connectivity index (χ0n) is 22.8. The molecule has 3 fully saturated rings. The van der Waals surface area contributed by atoms with E-state index >= 15 is 0 Å². The third-order valence-electron chi connectivity index (χ3n) is 7.69. The number of carbonyl (C=O) groups is 3. The lowest BCUT2D eigenvalue weighted by atomic mass is 9.90. The highest BCUT2D eigenvalue weighted by atomic mass is 16.6. The summed E-state index contributed by atoms with van der Waals surface area (Å²) in [6.07, 6.45) is 3.98. The van der Waals surface area contributed by atoms with Crippen molar-refractivity contribution in [2.45, 2.75) is 77.4 Å². The van der Waals surface area contributed by atoms with Crippen LogP contribution in [0.2, 0.25) is 0 Å². The van der Waals surface area contributed by atoms with Crippen LogP contribution in [0.15, 0.2) is 24.3 Å². The van der Waals surface area contributed by atoms with E-state index in [1.807, 2.05) is 37.9 Å². The van der Waals surface area contributed by atoms with E-state index in [1.165, 1.54) is 12.1 Å². The summed E-state index contributed by atoms with van der Waals surface area (Å²) in [7, 11) is 0. The van der Waals surface area contributed by atoms with Crippen molar-refractivity contribution >= 4 is 23.6 Å². The van der Waals surface area contributed by atoms with Gasteiger partial charge in [0.25, 0.3) is 0 Å². The summed E-state index contributed by atoms with van der Waals surface area (Å²) in [6.45, 7) is 13.8. The van der Waals surface area contributed by atoms with Crippen molar-refractivity contribution in [1.29, 1.82) is 0 Å². The Morgan fingerprint density at radius 3 is 2.38 bits per heavy atom. The lowest BCUT2D eigenvalue weighted by Crippen LogP contribution is -2.52. The molecule has 0 saturated carbocycles. The first-order valence-electron chi connectivity index (χ1n) is 13.7. The molecule has 1 aromatic rings. The number of hydrogen-bond donors (Lipinski definition) is 2. The Kier molecular flexibility index (Phi) is 8.75. The molecule has 0 aromatic heterocycles. The molecule has 0 aliphatic carbocycles. The number of rotatable bonds is 6. The first-order valence-corrected chi connectivity index (χ1v) is 13.7. The topological polar surface area (TPSA) is 94.2 Å². The molecular weight excluding hydrogens is 470 g/mol. The van der Waals surface area contributed by atoms with Crippen LogP contribution in [-0.4, -0.2) is 78.7 Å². The molecule has 9 nitrogen and oxygen atoms in total. The maximum Gasteiger partial charge on any atom is 0.422 e. The minimum absolute atomic E-state index is 0.176. The molecule has 204 valence electrons. The highest BCUT2D eigenvalue weighted by Gasteiger charge is 2.29. The van der Waals surface area contributed by atoms with Crippen molar-refractivity contribution in [3.63, 3.8) is 0 Å². The molecular formula is C28H43N5O4. The van der Waals surface area contributed by atoms with E-state index in [1.54, 1.807) is 0 Å². The molecule has 0 bridgehead atoms. The van der Waals surface area contributed by atoms with E-state index in [4.69, 9.17) is 4.74 Å². The number of amides is 3. The molecule has 2 atom stereocenters. The molecule has 3 saturated heterocycles. The van der Waals surface area contributed by atoms with Crippen LogP contribution in [-0.2, 0) is 14.3 Å². The van der Waals surface area contributed by atoms with Crippen LogP contribution in [0.25, 0.3) is 0 Å². The van der Waals surface area contributed by atoms with E-state index in [0.717, 1.165) is 57.7 Å². The lowest BCUT2D eigenvalue weighted by Gasteiger charge is -2.42. The van der Waals surface area contributed by atoms with Gasteiger partial charge in [-0.1, -0.05) is 12.1 Å². The minimum Gasteiger partial charge on any atom is -0.443 e. The zero-order chi connectivity index (χ0) is 26.6. The largest absolute Gasteiger partial charge is 0.443 e. The number of piperidine rings is 2. The second-order valence-electron chi connectivity index (χ2n) is 11.8. The predicted molar refractivity (Wildman–Crippen MR) is 143 cm³/mol.